The van der Waals surface area contributed by atoms with Crippen LogP contribution in [0.25, 0.3) is 0 Å². The number of hydrogen-bond acceptors (Lipinski definition) is 5. The molecule has 0 aliphatic carbocycles. The van der Waals surface area contributed by atoms with Gasteiger partial charge in [-0.1, -0.05) is 35.9 Å². The van der Waals surface area contributed by atoms with Crippen molar-refractivity contribution in [2.24, 2.45) is 0 Å². The number of para-hydroxylation sites is 1. The number of anilines is 3. The van der Waals surface area contributed by atoms with E-state index in [-0.39, 0.29) is 0 Å². The predicted molar refractivity (Wildman–Crippen MR) is 107 cm³/mol. The molecule has 0 saturated carbocycles. The van der Waals surface area contributed by atoms with Gasteiger partial charge in [-0.3, -0.25) is 0 Å². The van der Waals surface area contributed by atoms with Gasteiger partial charge in [-0.15, -0.1) is 0 Å². The third-order valence-corrected chi connectivity index (χ3v) is 4.22. The third-order valence-electron chi connectivity index (χ3n) is 3.99. The van der Waals surface area contributed by atoms with Crippen molar-refractivity contribution in [3.8, 4) is 5.75 Å². The van der Waals surface area contributed by atoms with Gasteiger partial charge in [0, 0.05) is 23.5 Å². The monoisotopic (exact) mass is 368 g/mol. The van der Waals surface area contributed by atoms with E-state index in [9.17, 15) is 0 Å². The molecular weight excluding hydrogens is 348 g/mol. The minimum atomic E-state index is 0.574. The Morgan fingerprint density at radius 3 is 2.81 bits per heavy atom. The van der Waals surface area contributed by atoms with Crippen LogP contribution in [0, 0.1) is 6.92 Å². The Morgan fingerprint density at radius 1 is 1.12 bits per heavy atom. The van der Waals surface area contributed by atoms with E-state index in [0.717, 1.165) is 29.0 Å². The van der Waals surface area contributed by atoms with Crippen molar-refractivity contribution in [2.75, 3.05) is 24.3 Å². The summed E-state index contributed by atoms with van der Waals surface area (Å²) in [5.41, 5.74) is 3.17. The fraction of sp³-hybridized carbons (Fsp3) is 0.200. The molecule has 6 heteroatoms. The van der Waals surface area contributed by atoms with Crippen LogP contribution in [-0.2, 0) is 6.42 Å². The van der Waals surface area contributed by atoms with Crippen LogP contribution < -0.4 is 15.4 Å². The first kappa shape index (κ1) is 18.0. The maximum atomic E-state index is 6.07. The Labute approximate surface area is 158 Å². The molecule has 0 unspecified atom stereocenters. The van der Waals surface area contributed by atoms with E-state index in [1.54, 1.807) is 13.3 Å². The second-order valence-electron chi connectivity index (χ2n) is 5.84. The van der Waals surface area contributed by atoms with E-state index >= 15 is 0 Å². The number of methoxy groups -OCH3 is 1. The fourth-order valence-electron chi connectivity index (χ4n) is 2.60. The number of halogens is 1. The molecule has 0 amide bonds. The zero-order chi connectivity index (χ0) is 18.4. The predicted octanol–water partition coefficient (Wildman–Crippen LogP) is 4.85. The second-order valence-corrected chi connectivity index (χ2v) is 6.27. The van der Waals surface area contributed by atoms with Crippen LogP contribution in [-0.4, -0.2) is 23.6 Å². The van der Waals surface area contributed by atoms with E-state index in [1.807, 2.05) is 49.4 Å². The molecule has 1 aromatic heterocycles. The summed E-state index contributed by atoms with van der Waals surface area (Å²) < 4.78 is 5.37. The van der Waals surface area contributed by atoms with Gasteiger partial charge in [0.05, 0.1) is 7.11 Å². The van der Waals surface area contributed by atoms with Crippen molar-refractivity contribution < 1.29 is 4.74 Å². The smallest absolute Gasteiger partial charge is 0.224 e. The summed E-state index contributed by atoms with van der Waals surface area (Å²) in [6, 6.07) is 15.5. The Hall–Kier alpha value is -2.79. The molecule has 2 aromatic carbocycles. The van der Waals surface area contributed by atoms with E-state index in [1.165, 1.54) is 0 Å². The number of ether oxygens (including phenoxy) is 1. The van der Waals surface area contributed by atoms with Gasteiger partial charge < -0.3 is 15.4 Å². The number of hydrogen-bond donors (Lipinski definition) is 2. The van der Waals surface area contributed by atoms with Crippen LogP contribution in [0.2, 0.25) is 5.02 Å². The molecule has 0 spiro atoms. The Balaban J connectivity index is 1.63. The van der Waals surface area contributed by atoms with Crippen molar-refractivity contribution in [3.63, 3.8) is 0 Å². The number of nitrogens with one attached hydrogen (secondary N) is 2. The van der Waals surface area contributed by atoms with Crippen LogP contribution >= 0.6 is 11.6 Å². The molecule has 26 heavy (non-hydrogen) atoms. The Bertz CT molecular complexity index is 885. The number of nitrogens with zero attached hydrogens (tertiary/aromatic N) is 2. The topological polar surface area (TPSA) is 59.1 Å². The lowest BCUT2D eigenvalue weighted by atomic mass is 10.1. The molecule has 134 valence electrons. The van der Waals surface area contributed by atoms with E-state index < -0.39 is 0 Å². The molecule has 0 atom stereocenters. The van der Waals surface area contributed by atoms with Crippen molar-refractivity contribution >= 4 is 29.1 Å². The van der Waals surface area contributed by atoms with Gasteiger partial charge in [0.2, 0.25) is 5.95 Å². The molecule has 5 nitrogen and oxygen atoms in total. The van der Waals surface area contributed by atoms with Gasteiger partial charge in [-0.2, -0.15) is 4.98 Å². The summed E-state index contributed by atoms with van der Waals surface area (Å²) in [6.45, 7) is 2.73. The van der Waals surface area contributed by atoms with Crippen molar-refractivity contribution in [1.29, 1.82) is 0 Å². The van der Waals surface area contributed by atoms with E-state index in [0.29, 0.717) is 23.3 Å². The second kappa shape index (κ2) is 8.54. The van der Waals surface area contributed by atoms with Gasteiger partial charge >= 0.3 is 0 Å². The molecule has 1 heterocycles. The number of aromatic nitrogens is 2. The number of aryl methyl sites for hydroxylation is 1. The molecule has 0 aliphatic heterocycles. The van der Waals surface area contributed by atoms with Crippen LogP contribution in [0.5, 0.6) is 5.75 Å². The molecule has 3 rings (SSSR count). The summed E-state index contributed by atoms with van der Waals surface area (Å²) in [5.74, 6) is 2.18. The molecule has 0 aliphatic rings. The average Bonchev–Trinajstić information content (AvgIpc) is 2.65. The van der Waals surface area contributed by atoms with Crippen molar-refractivity contribution in [2.45, 2.75) is 13.3 Å². The fourth-order valence-corrected chi connectivity index (χ4v) is 2.77. The highest BCUT2D eigenvalue weighted by Gasteiger charge is 2.05. The molecule has 0 bridgehead atoms. The van der Waals surface area contributed by atoms with Crippen LogP contribution in [0.15, 0.2) is 54.7 Å². The Morgan fingerprint density at radius 2 is 1.96 bits per heavy atom. The van der Waals surface area contributed by atoms with Crippen molar-refractivity contribution in [3.05, 3.63) is 70.9 Å². The summed E-state index contributed by atoms with van der Waals surface area (Å²) in [5, 5.41) is 7.22. The van der Waals surface area contributed by atoms with Gasteiger partial charge in [0.15, 0.2) is 0 Å². The largest absolute Gasteiger partial charge is 0.496 e. The summed E-state index contributed by atoms with van der Waals surface area (Å²) in [7, 11) is 1.68. The average molecular weight is 369 g/mol. The highest BCUT2D eigenvalue weighted by atomic mass is 35.5. The summed E-state index contributed by atoms with van der Waals surface area (Å²) in [6.07, 6.45) is 2.54. The van der Waals surface area contributed by atoms with Gasteiger partial charge in [0.1, 0.15) is 11.6 Å². The zero-order valence-electron chi connectivity index (χ0n) is 14.8. The lowest BCUT2D eigenvalue weighted by Gasteiger charge is -2.11. The Kier molecular flexibility index (Phi) is 5.92. The van der Waals surface area contributed by atoms with Crippen LogP contribution in [0.4, 0.5) is 17.5 Å². The van der Waals surface area contributed by atoms with Crippen LogP contribution in [0.3, 0.4) is 0 Å². The maximum absolute atomic E-state index is 6.07. The quantitative estimate of drug-likeness (QED) is 0.624. The summed E-state index contributed by atoms with van der Waals surface area (Å²) in [4.78, 5) is 8.78. The van der Waals surface area contributed by atoms with Gasteiger partial charge in [0.25, 0.3) is 0 Å². The standard InChI is InChI=1S/C20H21ClN4O/c1-14-7-8-16(21)13-17(14)24-19-10-12-23-20(25-19)22-11-9-15-5-3-4-6-18(15)26-2/h3-8,10,12-13H,9,11H2,1-2H3,(H2,22,23,24,25). The molecule has 0 saturated heterocycles. The summed E-state index contributed by atoms with van der Waals surface area (Å²) >= 11 is 6.07. The lowest BCUT2D eigenvalue weighted by Crippen LogP contribution is -2.09. The van der Waals surface area contributed by atoms with E-state index in [4.69, 9.17) is 16.3 Å². The first-order valence-electron chi connectivity index (χ1n) is 8.37. The molecule has 0 fully saturated rings. The zero-order valence-corrected chi connectivity index (χ0v) is 15.5. The maximum Gasteiger partial charge on any atom is 0.224 e. The van der Waals surface area contributed by atoms with Crippen molar-refractivity contribution in [1.82, 2.24) is 9.97 Å². The first-order chi connectivity index (χ1) is 12.7. The number of benzene rings is 2. The SMILES string of the molecule is COc1ccccc1CCNc1nccc(Nc2cc(Cl)ccc2C)n1. The highest BCUT2D eigenvalue weighted by molar-refractivity contribution is 6.30. The molecule has 0 radical (unpaired) electrons. The lowest BCUT2D eigenvalue weighted by molar-refractivity contribution is 0.410. The highest BCUT2D eigenvalue weighted by Crippen LogP contribution is 2.23. The molecule has 2 N–H and O–H groups in total. The van der Waals surface area contributed by atoms with Gasteiger partial charge in [-0.25, -0.2) is 4.98 Å². The minimum absolute atomic E-state index is 0.574. The first-order valence-corrected chi connectivity index (χ1v) is 8.75. The molecule has 3 aromatic rings. The van der Waals surface area contributed by atoms with Crippen LogP contribution in [0.1, 0.15) is 11.1 Å². The third kappa shape index (κ3) is 4.64. The minimum Gasteiger partial charge on any atom is -0.496 e. The number of rotatable bonds is 7. The van der Waals surface area contributed by atoms with E-state index in [2.05, 4.69) is 26.7 Å². The van der Waals surface area contributed by atoms with Gasteiger partial charge in [-0.05, 0) is 48.7 Å². The molecular formula is C20H21ClN4O. The normalized spacial score (nSPS) is 10.4.